The molecule has 0 fully saturated rings. The van der Waals surface area contributed by atoms with Crippen LogP contribution in [0.4, 0.5) is 0 Å². The quantitative estimate of drug-likeness (QED) is 0.0542. The zero-order valence-corrected chi connectivity index (χ0v) is 28.1. The molecule has 0 saturated carbocycles. The average molecular weight is 591 g/mol. The lowest BCUT2D eigenvalue weighted by Crippen LogP contribution is -2.04. The Morgan fingerprint density at radius 3 is 0.878 bits per heavy atom. The van der Waals surface area contributed by atoms with Gasteiger partial charge in [-0.3, -0.25) is 13.6 Å². The Kier molecular flexibility index (Phi) is 32.3. The molecule has 0 atom stereocenters. The second kappa shape index (κ2) is 33.3. The highest BCUT2D eigenvalue weighted by Crippen LogP contribution is 2.49. The lowest BCUT2D eigenvalue weighted by atomic mass is 10.1. The summed E-state index contributed by atoms with van der Waals surface area (Å²) in [6.45, 7) is 7.65. The molecule has 0 aromatic heterocycles. The van der Waals surface area contributed by atoms with E-state index in [1.165, 1.54) is 96.3 Å². The van der Waals surface area contributed by atoms with E-state index in [-0.39, 0.29) is 0 Å². The summed E-state index contributed by atoms with van der Waals surface area (Å²) in [7, 11) is -3.60. The molecular formula is C36H63O4P. The number of hydrogen-bond donors (Lipinski definition) is 0. The summed E-state index contributed by atoms with van der Waals surface area (Å²) < 4.78 is 30.2. The molecule has 4 nitrogen and oxygen atoms in total. The van der Waals surface area contributed by atoms with Crippen LogP contribution in [0.3, 0.4) is 0 Å². The van der Waals surface area contributed by atoms with Crippen molar-refractivity contribution in [3.8, 4) is 35.5 Å². The van der Waals surface area contributed by atoms with E-state index >= 15 is 0 Å². The fourth-order valence-electron chi connectivity index (χ4n) is 4.10. The normalized spacial score (nSPS) is 10.8. The fraction of sp³-hybridized carbons (Fsp3) is 0.833. The SMILES string of the molecule is CCCCCCCC#CCCCOP(=O)(OCCCC#CCCCCCCC)OCCCC#CCCCCCCC. The van der Waals surface area contributed by atoms with Crippen LogP contribution in [0.25, 0.3) is 0 Å². The van der Waals surface area contributed by atoms with Gasteiger partial charge in [0.15, 0.2) is 0 Å². The van der Waals surface area contributed by atoms with E-state index < -0.39 is 7.82 Å². The van der Waals surface area contributed by atoms with Gasteiger partial charge in [0.05, 0.1) is 19.8 Å². The van der Waals surface area contributed by atoms with E-state index in [1.807, 2.05) is 0 Å². The van der Waals surface area contributed by atoms with Crippen molar-refractivity contribution in [3.63, 3.8) is 0 Å². The molecule has 0 saturated heterocycles. The van der Waals surface area contributed by atoms with Gasteiger partial charge in [0.2, 0.25) is 0 Å². The first kappa shape index (κ1) is 39.8. The Bertz CT molecular complexity index is 685. The monoisotopic (exact) mass is 590 g/mol. The molecule has 0 aliphatic carbocycles. The van der Waals surface area contributed by atoms with Crippen molar-refractivity contribution in [2.24, 2.45) is 0 Å². The van der Waals surface area contributed by atoms with Crippen molar-refractivity contribution in [3.05, 3.63) is 0 Å². The molecule has 0 aliphatic rings. The van der Waals surface area contributed by atoms with Gasteiger partial charge >= 0.3 is 7.82 Å². The summed E-state index contributed by atoms with van der Waals surface area (Å²) >= 11 is 0. The molecule has 0 bridgehead atoms. The van der Waals surface area contributed by atoms with E-state index in [9.17, 15) is 4.57 Å². The Morgan fingerprint density at radius 2 is 0.610 bits per heavy atom. The third kappa shape index (κ3) is 31.6. The van der Waals surface area contributed by atoms with Crippen LogP contribution in [0.5, 0.6) is 0 Å². The molecule has 236 valence electrons. The maximum absolute atomic E-state index is 13.2. The second-order valence-electron chi connectivity index (χ2n) is 10.8. The van der Waals surface area contributed by atoms with E-state index in [2.05, 4.69) is 56.3 Å². The highest BCUT2D eigenvalue weighted by atomic mass is 31.2. The van der Waals surface area contributed by atoms with E-state index in [1.54, 1.807) is 0 Å². The number of hydrogen-bond acceptors (Lipinski definition) is 4. The molecule has 0 amide bonds. The van der Waals surface area contributed by atoms with Crippen molar-refractivity contribution in [2.75, 3.05) is 19.8 Å². The minimum atomic E-state index is -3.60. The highest BCUT2D eigenvalue weighted by molar-refractivity contribution is 7.48. The zero-order chi connectivity index (χ0) is 30.0. The molecule has 0 rings (SSSR count). The summed E-state index contributed by atoms with van der Waals surface area (Å²) in [6.07, 6.45) is 26.2. The fourth-order valence-corrected chi connectivity index (χ4v) is 5.39. The number of phosphoric acid groups is 1. The van der Waals surface area contributed by atoms with Gasteiger partial charge in [-0.2, -0.15) is 0 Å². The van der Waals surface area contributed by atoms with Crippen LogP contribution in [0.15, 0.2) is 0 Å². The smallest absolute Gasteiger partial charge is 0.287 e. The summed E-state index contributed by atoms with van der Waals surface area (Å²) in [5.74, 6) is 19.4. The maximum Gasteiger partial charge on any atom is 0.474 e. The predicted molar refractivity (Wildman–Crippen MR) is 177 cm³/mol. The van der Waals surface area contributed by atoms with Crippen molar-refractivity contribution in [1.29, 1.82) is 0 Å². The van der Waals surface area contributed by atoms with Crippen LogP contribution < -0.4 is 0 Å². The summed E-state index contributed by atoms with van der Waals surface area (Å²) in [6, 6.07) is 0. The van der Waals surface area contributed by atoms with Gasteiger partial charge in [0, 0.05) is 38.5 Å². The molecule has 0 heterocycles. The Balaban J connectivity index is 4.33. The first-order valence-electron chi connectivity index (χ1n) is 17.1. The molecule has 0 spiro atoms. The van der Waals surface area contributed by atoms with E-state index in [0.717, 1.165) is 38.5 Å². The lowest BCUT2D eigenvalue weighted by Gasteiger charge is -2.17. The van der Waals surface area contributed by atoms with Crippen LogP contribution in [-0.2, 0) is 18.1 Å². The van der Waals surface area contributed by atoms with Crippen LogP contribution >= 0.6 is 7.82 Å². The van der Waals surface area contributed by atoms with Crippen molar-refractivity contribution in [2.45, 2.75) is 175 Å². The van der Waals surface area contributed by atoms with Gasteiger partial charge in [-0.25, -0.2) is 4.57 Å². The molecule has 5 heteroatoms. The van der Waals surface area contributed by atoms with Crippen LogP contribution in [-0.4, -0.2) is 19.8 Å². The minimum absolute atomic E-state index is 0.318. The van der Waals surface area contributed by atoms with Gasteiger partial charge in [-0.15, -0.1) is 35.5 Å². The number of rotatable bonds is 27. The summed E-state index contributed by atoms with van der Waals surface area (Å²) in [4.78, 5) is 0. The number of unbranched alkanes of at least 4 members (excludes halogenated alkanes) is 18. The van der Waals surface area contributed by atoms with Gasteiger partial charge in [-0.05, 0) is 38.5 Å². The maximum atomic E-state index is 13.2. The van der Waals surface area contributed by atoms with Gasteiger partial charge in [0.1, 0.15) is 0 Å². The first-order chi connectivity index (χ1) is 20.2. The van der Waals surface area contributed by atoms with Crippen molar-refractivity contribution in [1.82, 2.24) is 0 Å². The van der Waals surface area contributed by atoms with Crippen LogP contribution in [0.2, 0.25) is 0 Å². The molecule has 0 radical (unpaired) electrons. The molecule has 0 aliphatic heterocycles. The zero-order valence-electron chi connectivity index (χ0n) is 27.2. The van der Waals surface area contributed by atoms with Gasteiger partial charge < -0.3 is 0 Å². The topological polar surface area (TPSA) is 44.8 Å². The molecule has 0 aromatic carbocycles. The predicted octanol–water partition coefficient (Wildman–Crippen LogP) is 11.6. The molecular weight excluding hydrogens is 527 g/mol. The minimum Gasteiger partial charge on any atom is -0.287 e. The van der Waals surface area contributed by atoms with Crippen LogP contribution in [0, 0.1) is 35.5 Å². The van der Waals surface area contributed by atoms with Crippen molar-refractivity contribution >= 4 is 7.82 Å². The van der Waals surface area contributed by atoms with Crippen LogP contribution in [0.1, 0.15) is 175 Å². The Morgan fingerprint density at radius 1 is 0.366 bits per heavy atom. The summed E-state index contributed by atoms with van der Waals surface area (Å²) in [5.41, 5.74) is 0. The standard InChI is InChI=1S/C36H63O4P/c1-4-7-10-13-16-19-22-25-28-31-34-38-41(37,39-35-32-29-26-23-20-17-14-11-8-5-2)40-36-33-30-27-24-21-18-15-12-9-6-3/h4-21,28-36H2,1-3H3. The molecule has 0 N–H and O–H groups in total. The second-order valence-corrected chi connectivity index (χ2v) is 12.5. The first-order valence-corrected chi connectivity index (χ1v) is 18.5. The largest absolute Gasteiger partial charge is 0.474 e. The average Bonchev–Trinajstić information content (AvgIpc) is 2.97. The van der Waals surface area contributed by atoms with E-state index in [4.69, 9.17) is 13.6 Å². The third-order valence-corrected chi connectivity index (χ3v) is 8.17. The molecule has 0 unspecified atom stereocenters. The van der Waals surface area contributed by atoms with E-state index in [0.29, 0.717) is 39.1 Å². The molecule has 41 heavy (non-hydrogen) atoms. The van der Waals surface area contributed by atoms with Crippen molar-refractivity contribution < 1.29 is 18.1 Å². The molecule has 0 aromatic rings. The summed E-state index contributed by atoms with van der Waals surface area (Å²) in [5, 5.41) is 0. The Hall–Kier alpha value is -1.21. The third-order valence-electron chi connectivity index (χ3n) is 6.68. The highest BCUT2D eigenvalue weighted by Gasteiger charge is 2.26. The number of phosphoric ester groups is 1. The Labute approximate surface area is 255 Å². The van der Waals surface area contributed by atoms with Gasteiger partial charge in [-0.1, -0.05) is 97.8 Å². The lowest BCUT2D eigenvalue weighted by molar-refractivity contribution is 0.111. The van der Waals surface area contributed by atoms with Gasteiger partial charge in [0.25, 0.3) is 0 Å².